The maximum Gasteiger partial charge on any atom is 0.337 e. The fourth-order valence-electron chi connectivity index (χ4n) is 3.08. The van der Waals surface area contributed by atoms with E-state index < -0.39 is 5.97 Å². The van der Waals surface area contributed by atoms with Crippen molar-refractivity contribution < 1.29 is 14.7 Å². The molecule has 0 spiro atoms. The van der Waals surface area contributed by atoms with Crippen LogP contribution in [0.3, 0.4) is 0 Å². The van der Waals surface area contributed by atoms with Crippen molar-refractivity contribution in [1.82, 2.24) is 20.0 Å². The Morgan fingerprint density at radius 2 is 2.17 bits per heavy atom. The largest absolute Gasteiger partial charge is 0.478 e. The van der Waals surface area contributed by atoms with Gasteiger partial charge in [-0.2, -0.15) is 5.10 Å². The number of carbonyl (C=O) groups is 2. The molecule has 0 bridgehead atoms. The highest BCUT2D eigenvalue weighted by Gasteiger charge is 2.27. The summed E-state index contributed by atoms with van der Waals surface area (Å²) in [4.78, 5) is 25.2. The van der Waals surface area contributed by atoms with Crippen LogP contribution in [0.5, 0.6) is 0 Å². The molecule has 0 unspecified atom stereocenters. The Bertz CT molecular complexity index is 756. The van der Waals surface area contributed by atoms with Crippen LogP contribution in [-0.2, 0) is 11.3 Å². The minimum atomic E-state index is -0.976. The Morgan fingerprint density at radius 1 is 1.38 bits per heavy atom. The minimum Gasteiger partial charge on any atom is -0.478 e. The van der Waals surface area contributed by atoms with Crippen molar-refractivity contribution in [3.05, 3.63) is 47.8 Å². The first-order valence-electron chi connectivity index (χ1n) is 7.88. The van der Waals surface area contributed by atoms with E-state index in [4.69, 9.17) is 0 Å². The molecule has 0 aliphatic carbocycles. The van der Waals surface area contributed by atoms with Crippen LogP contribution in [0.15, 0.2) is 36.7 Å². The van der Waals surface area contributed by atoms with Crippen LogP contribution in [0, 0.1) is 5.92 Å². The van der Waals surface area contributed by atoms with E-state index in [9.17, 15) is 14.7 Å². The smallest absolute Gasteiger partial charge is 0.337 e. The number of benzene rings is 1. The van der Waals surface area contributed by atoms with Gasteiger partial charge in [0.25, 0.3) is 0 Å². The maximum absolute atomic E-state index is 11.7. The molecule has 2 aromatic rings. The molecule has 1 saturated heterocycles. The number of nitrogens with one attached hydrogen (secondary N) is 1. The van der Waals surface area contributed by atoms with Gasteiger partial charge in [-0.15, -0.1) is 0 Å². The number of carboxylic acid groups (broad SMARTS) is 1. The average molecular weight is 328 g/mol. The first kappa shape index (κ1) is 16.2. The molecule has 1 aromatic carbocycles. The van der Waals surface area contributed by atoms with Crippen LogP contribution in [0.2, 0.25) is 0 Å². The fourth-order valence-corrected chi connectivity index (χ4v) is 3.08. The third-order valence-electron chi connectivity index (χ3n) is 4.31. The zero-order valence-corrected chi connectivity index (χ0v) is 13.5. The van der Waals surface area contributed by atoms with Crippen molar-refractivity contribution in [1.29, 1.82) is 0 Å². The predicted molar refractivity (Wildman–Crippen MR) is 88.0 cm³/mol. The lowest BCUT2D eigenvalue weighted by Gasteiger charge is -2.14. The molecule has 0 saturated carbocycles. The lowest BCUT2D eigenvalue weighted by Crippen LogP contribution is -2.29. The number of nitrogens with zero attached hydrogens (tertiary/aromatic N) is 3. The standard InChI is InChI=1S/C17H20N4O3/c1-18-16(22)13-6-7-20(11-13)9-12-8-19-21(10-12)15-5-3-2-4-14(15)17(23)24/h2-5,8,10,13H,6-7,9,11H2,1H3,(H,18,22)(H,23,24)/t13-/m0/s1. The number of hydrogen-bond donors (Lipinski definition) is 2. The lowest BCUT2D eigenvalue weighted by molar-refractivity contribution is -0.124. The second kappa shape index (κ2) is 6.84. The molecule has 24 heavy (non-hydrogen) atoms. The van der Waals surface area contributed by atoms with E-state index >= 15 is 0 Å². The van der Waals surface area contributed by atoms with E-state index in [0.29, 0.717) is 12.2 Å². The normalized spacial score (nSPS) is 17.8. The molecule has 1 amide bonds. The number of rotatable bonds is 5. The van der Waals surface area contributed by atoms with Gasteiger partial charge >= 0.3 is 5.97 Å². The van der Waals surface area contributed by atoms with E-state index in [-0.39, 0.29) is 17.4 Å². The summed E-state index contributed by atoms with van der Waals surface area (Å²) < 4.78 is 1.59. The minimum absolute atomic E-state index is 0.0396. The first-order valence-corrected chi connectivity index (χ1v) is 7.88. The molecule has 1 fully saturated rings. The number of para-hydroxylation sites is 1. The summed E-state index contributed by atoms with van der Waals surface area (Å²) in [5, 5.41) is 16.3. The molecule has 2 N–H and O–H groups in total. The molecule has 7 nitrogen and oxygen atoms in total. The van der Waals surface area contributed by atoms with Crippen molar-refractivity contribution in [2.24, 2.45) is 5.92 Å². The third-order valence-corrected chi connectivity index (χ3v) is 4.31. The highest BCUT2D eigenvalue weighted by atomic mass is 16.4. The van der Waals surface area contributed by atoms with E-state index in [0.717, 1.165) is 25.1 Å². The zero-order valence-electron chi connectivity index (χ0n) is 13.5. The second-order valence-electron chi connectivity index (χ2n) is 5.95. The predicted octanol–water partition coefficient (Wildman–Crippen LogP) is 1.14. The van der Waals surface area contributed by atoms with Gasteiger partial charge in [-0.3, -0.25) is 9.69 Å². The topological polar surface area (TPSA) is 87.5 Å². The Labute approximate surface area is 139 Å². The highest BCUT2D eigenvalue weighted by Crippen LogP contribution is 2.20. The van der Waals surface area contributed by atoms with Crippen molar-refractivity contribution in [2.75, 3.05) is 20.1 Å². The summed E-state index contributed by atoms with van der Waals surface area (Å²) in [6.45, 7) is 2.30. The van der Waals surface area contributed by atoms with Gasteiger partial charge in [0, 0.05) is 31.9 Å². The highest BCUT2D eigenvalue weighted by molar-refractivity contribution is 5.91. The molecule has 126 valence electrons. The second-order valence-corrected chi connectivity index (χ2v) is 5.95. The zero-order chi connectivity index (χ0) is 17.1. The quantitative estimate of drug-likeness (QED) is 0.859. The van der Waals surface area contributed by atoms with Gasteiger partial charge in [0.1, 0.15) is 0 Å². The lowest BCUT2D eigenvalue weighted by atomic mass is 10.1. The number of amides is 1. The third kappa shape index (κ3) is 3.30. The fraction of sp³-hybridized carbons (Fsp3) is 0.353. The van der Waals surface area contributed by atoms with Crippen LogP contribution in [0.4, 0.5) is 0 Å². The van der Waals surface area contributed by atoms with Gasteiger partial charge in [0.15, 0.2) is 0 Å². The molecule has 7 heteroatoms. The van der Waals surface area contributed by atoms with Crippen LogP contribution >= 0.6 is 0 Å². The van der Waals surface area contributed by atoms with E-state index in [1.54, 1.807) is 42.2 Å². The van der Waals surface area contributed by atoms with E-state index in [2.05, 4.69) is 15.3 Å². The first-order chi connectivity index (χ1) is 11.6. The molecular formula is C17H20N4O3. The van der Waals surface area contributed by atoms with Crippen LogP contribution in [0.25, 0.3) is 5.69 Å². The molecule has 1 aliphatic heterocycles. The molecule has 1 aromatic heterocycles. The molecule has 1 atom stereocenters. The van der Waals surface area contributed by atoms with Crippen molar-refractivity contribution in [2.45, 2.75) is 13.0 Å². The molecule has 3 rings (SSSR count). The Hall–Kier alpha value is -2.67. The summed E-state index contributed by atoms with van der Waals surface area (Å²) in [5.74, 6) is -0.850. The van der Waals surface area contributed by atoms with Crippen LogP contribution < -0.4 is 5.32 Å². The van der Waals surface area contributed by atoms with E-state index in [1.807, 2.05) is 6.20 Å². The summed E-state index contributed by atoms with van der Waals surface area (Å²) in [6.07, 6.45) is 4.44. The molecule has 0 radical (unpaired) electrons. The summed E-state index contributed by atoms with van der Waals surface area (Å²) in [5.41, 5.74) is 1.75. The average Bonchev–Trinajstić information content (AvgIpc) is 3.24. The van der Waals surface area contributed by atoms with Gasteiger partial charge in [0.05, 0.1) is 23.4 Å². The number of carbonyl (C=O) groups excluding carboxylic acids is 1. The summed E-state index contributed by atoms with van der Waals surface area (Å²) >= 11 is 0. The number of aromatic nitrogens is 2. The van der Waals surface area contributed by atoms with Crippen molar-refractivity contribution in [3.8, 4) is 5.69 Å². The Balaban J connectivity index is 1.71. The van der Waals surface area contributed by atoms with Crippen LogP contribution in [0.1, 0.15) is 22.3 Å². The maximum atomic E-state index is 11.7. The molecule has 1 aliphatic rings. The SMILES string of the molecule is CNC(=O)[C@H]1CCN(Cc2cnn(-c3ccccc3C(=O)O)c2)C1. The number of carboxylic acids is 1. The van der Waals surface area contributed by atoms with Crippen molar-refractivity contribution in [3.63, 3.8) is 0 Å². The Morgan fingerprint density at radius 3 is 2.92 bits per heavy atom. The van der Waals surface area contributed by atoms with Crippen LogP contribution in [-0.4, -0.2) is 51.8 Å². The van der Waals surface area contributed by atoms with Crippen molar-refractivity contribution >= 4 is 11.9 Å². The number of likely N-dealkylation sites (tertiary alicyclic amines) is 1. The number of aromatic carboxylic acids is 1. The van der Waals surface area contributed by atoms with Gasteiger partial charge in [-0.05, 0) is 25.1 Å². The molecular weight excluding hydrogens is 308 g/mol. The van der Waals surface area contributed by atoms with E-state index in [1.165, 1.54) is 0 Å². The van der Waals surface area contributed by atoms with Gasteiger partial charge < -0.3 is 10.4 Å². The summed E-state index contributed by atoms with van der Waals surface area (Å²) in [6, 6.07) is 6.78. The van der Waals surface area contributed by atoms with Gasteiger partial charge in [0.2, 0.25) is 5.91 Å². The Kier molecular flexibility index (Phi) is 4.61. The van der Waals surface area contributed by atoms with Gasteiger partial charge in [-0.1, -0.05) is 12.1 Å². The number of hydrogen-bond acceptors (Lipinski definition) is 4. The molecule has 2 heterocycles. The van der Waals surface area contributed by atoms with Gasteiger partial charge in [-0.25, -0.2) is 9.48 Å². The summed E-state index contributed by atoms with van der Waals surface area (Å²) in [7, 11) is 1.66. The monoisotopic (exact) mass is 328 g/mol.